The second-order valence-electron chi connectivity index (χ2n) is 6.26. The zero-order valence-corrected chi connectivity index (χ0v) is 18.4. The molecule has 0 atom stereocenters. The van der Waals surface area contributed by atoms with E-state index in [1.54, 1.807) is 0 Å². The second-order valence-corrected chi connectivity index (χ2v) is 16.2. The summed E-state index contributed by atoms with van der Waals surface area (Å²) in [4.78, 5) is 2.21. The first-order chi connectivity index (χ1) is 12.8. The molecule has 0 aromatic heterocycles. The zero-order chi connectivity index (χ0) is 18.2. The molecule has 0 unspecified atom stereocenters. The summed E-state index contributed by atoms with van der Waals surface area (Å²) in [5, 5.41) is 0. The minimum absolute atomic E-state index is 0.948. The summed E-state index contributed by atoms with van der Waals surface area (Å²) in [6.07, 6.45) is 0. The van der Waals surface area contributed by atoms with Crippen LogP contribution in [0.4, 0.5) is 0 Å². The van der Waals surface area contributed by atoms with Gasteiger partial charge in [-0.25, -0.2) is 0 Å². The fourth-order valence-electron chi connectivity index (χ4n) is 3.33. The Kier molecular flexibility index (Phi) is 6.41. The van der Waals surface area contributed by atoms with E-state index in [0.29, 0.717) is 0 Å². The summed E-state index contributed by atoms with van der Waals surface area (Å²) in [5.74, 6) is 0. The molecule has 0 spiro atoms. The van der Waals surface area contributed by atoms with Crippen LogP contribution in [0.2, 0.25) is 0 Å². The number of nitrogens with zero attached hydrogens (tertiary/aromatic N) is 1. The van der Waals surface area contributed by atoms with Gasteiger partial charge < -0.3 is 0 Å². The molecule has 3 aromatic rings. The standard InChI is InChI=1S/C6H10N.3C6H5.Sn/c1-4-7(5-2)6-3;3*1-2-4-6-5-3-1;/h4-5H2,1-2H3;3*1-5H;. The molecule has 3 rings (SSSR count). The summed E-state index contributed by atoms with van der Waals surface area (Å²) >= 11 is -3.41. The molecular weight excluding hydrogens is 421 g/mol. The molecule has 130 valence electrons. The topological polar surface area (TPSA) is 3.24 Å². The fourth-order valence-corrected chi connectivity index (χ4v) is 14.3. The van der Waals surface area contributed by atoms with Crippen molar-refractivity contribution >= 4 is 29.1 Å². The third kappa shape index (κ3) is 3.81. The van der Waals surface area contributed by atoms with Gasteiger partial charge in [0.15, 0.2) is 0 Å². The van der Waals surface area contributed by atoms with Crippen molar-refractivity contribution < 1.29 is 0 Å². The van der Waals surface area contributed by atoms with Crippen LogP contribution in [0.25, 0.3) is 0 Å². The number of benzene rings is 3. The molecule has 2 heteroatoms. The van der Waals surface area contributed by atoms with Crippen molar-refractivity contribution in [2.45, 2.75) is 13.8 Å². The van der Waals surface area contributed by atoms with Gasteiger partial charge in [0, 0.05) is 0 Å². The van der Waals surface area contributed by atoms with Crippen LogP contribution < -0.4 is 10.7 Å². The molecule has 0 heterocycles. The summed E-state index contributed by atoms with van der Waals surface area (Å²) in [6.45, 7) is 6.24. The van der Waals surface area contributed by atoms with Crippen molar-refractivity contribution in [1.82, 2.24) is 4.90 Å². The quantitative estimate of drug-likeness (QED) is 0.331. The van der Waals surface area contributed by atoms with Crippen molar-refractivity contribution in [2.75, 3.05) is 13.1 Å². The van der Waals surface area contributed by atoms with Gasteiger partial charge in [0.25, 0.3) is 0 Å². The van der Waals surface area contributed by atoms with E-state index in [-0.39, 0.29) is 0 Å². The van der Waals surface area contributed by atoms with E-state index in [1.165, 1.54) is 10.7 Å². The van der Waals surface area contributed by atoms with Gasteiger partial charge in [-0.1, -0.05) is 0 Å². The number of hydrogen-bond acceptors (Lipinski definition) is 1. The molecule has 0 saturated heterocycles. The van der Waals surface area contributed by atoms with Crippen LogP contribution in [0, 0.1) is 9.98 Å². The fraction of sp³-hybridized carbons (Fsp3) is 0.167. The van der Waals surface area contributed by atoms with Gasteiger partial charge >= 0.3 is 162 Å². The molecule has 0 aliphatic carbocycles. The van der Waals surface area contributed by atoms with Crippen LogP contribution in [-0.2, 0) is 0 Å². The molecule has 0 bridgehead atoms. The van der Waals surface area contributed by atoms with Gasteiger partial charge in [-0.15, -0.1) is 0 Å². The predicted octanol–water partition coefficient (Wildman–Crippen LogP) is 3.00. The van der Waals surface area contributed by atoms with E-state index < -0.39 is 18.4 Å². The van der Waals surface area contributed by atoms with Crippen molar-refractivity contribution in [2.24, 2.45) is 0 Å². The third-order valence-corrected chi connectivity index (χ3v) is 16.4. The van der Waals surface area contributed by atoms with Crippen LogP contribution in [0.15, 0.2) is 91.0 Å². The van der Waals surface area contributed by atoms with Gasteiger partial charge in [-0.05, 0) is 0 Å². The maximum absolute atomic E-state index is 3.87. The minimum atomic E-state index is -3.41. The van der Waals surface area contributed by atoms with Crippen LogP contribution >= 0.6 is 0 Å². The number of hydrogen-bond donors (Lipinski definition) is 0. The monoisotopic (exact) mass is 447 g/mol. The number of rotatable bonds is 5. The van der Waals surface area contributed by atoms with Gasteiger partial charge in [-0.2, -0.15) is 0 Å². The Labute approximate surface area is 161 Å². The molecule has 0 N–H and O–H groups in total. The van der Waals surface area contributed by atoms with Crippen LogP contribution in [-0.4, -0.2) is 36.4 Å². The van der Waals surface area contributed by atoms with Gasteiger partial charge in [0.1, 0.15) is 0 Å². The zero-order valence-electron chi connectivity index (χ0n) is 15.5. The van der Waals surface area contributed by atoms with Crippen LogP contribution in [0.5, 0.6) is 0 Å². The first-order valence-electron chi connectivity index (χ1n) is 9.25. The average Bonchev–Trinajstić information content (AvgIpc) is 2.74. The summed E-state index contributed by atoms with van der Waals surface area (Å²) in [5.41, 5.74) is 0. The Bertz CT molecular complexity index is 763. The predicted molar refractivity (Wildman–Crippen MR) is 115 cm³/mol. The van der Waals surface area contributed by atoms with Crippen molar-refractivity contribution in [3.05, 3.63) is 91.0 Å². The Morgan fingerprint density at radius 3 is 1.27 bits per heavy atom. The molecule has 0 aliphatic heterocycles. The molecule has 26 heavy (non-hydrogen) atoms. The Morgan fingerprint density at radius 1 is 0.615 bits per heavy atom. The molecule has 0 amide bonds. The Hall–Kier alpha value is -2.18. The Balaban J connectivity index is 2.32. The van der Waals surface area contributed by atoms with E-state index in [4.69, 9.17) is 0 Å². The Morgan fingerprint density at radius 2 is 0.962 bits per heavy atom. The SMILES string of the molecule is CCN(C#[C][Sn]([c]1ccccc1)([c]1ccccc1)[c]1ccccc1)CC. The first kappa shape index (κ1) is 18.6. The molecule has 3 aromatic carbocycles. The molecule has 0 saturated carbocycles. The summed E-state index contributed by atoms with van der Waals surface area (Å²) in [6, 6.07) is 36.3. The van der Waals surface area contributed by atoms with Crippen molar-refractivity contribution in [3.63, 3.8) is 0 Å². The molecule has 0 aliphatic rings. The first-order valence-corrected chi connectivity index (χ1v) is 15.0. The van der Waals surface area contributed by atoms with E-state index in [1.807, 2.05) is 0 Å². The van der Waals surface area contributed by atoms with Crippen LogP contribution in [0.1, 0.15) is 13.8 Å². The van der Waals surface area contributed by atoms with Crippen LogP contribution in [0.3, 0.4) is 0 Å². The molecular formula is C24H25NSn. The normalized spacial score (nSPS) is 10.7. The van der Waals surface area contributed by atoms with E-state index in [2.05, 4.69) is 120 Å². The van der Waals surface area contributed by atoms with Gasteiger partial charge in [0.2, 0.25) is 0 Å². The average molecular weight is 446 g/mol. The summed E-state index contributed by atoms with van der Waals surface area (Å²) < 4.78 is 8.08. The van der Waals surface area contributed by atoms with Crippen molar-refractivity contribution in [3.8, 4) is 9.98 Å². The summed E-state index contributed by atoms with van der Waals surface area (Å²) in [7, 11) is 0. The van der Waals surface area contributed by atoms with Crippen molar-refractivity contribution in [1.29, 1.82) is 0 Å². The van der Waals surface area contributed by atoms with Gasteiger partial charge in [-0.3, -0.25) is 0 Å². The molecule has 0 fully saturated rings. The third-order valence-electron chi connectivity index (χ3n) is 4.79. The molecule has 0 radical (unpaired) electrons. The molecule has 1 nitrogen and oxygen atoms in total. The second kappa shape index (κ2) is 8.96. The van der Waals surface area contributed by atoms with Gasteiger partial charge in [0.05, 0.1) is 0 Å². The van der Waals surface area contributed by atoms with E-state index in [0.717, 1.165) is 13.1 Å². The van der Waals surface area contributed by atoms with E-state index in [9.17, 15) is 0 Å². The maximum atomic E-state index is 3.87. The van der Waals surface area contributed by atoms with E-state index >= 15 is 0 Å².